The molecule has 0 heterocycles. The minimum absolute atomic E-state index is 0.394. The van der Waals surface area contributed by atoms with Gasteiger partial charge in [-0.05, 0) is 12.8 Å². The lowest BCUT2D eigenvalue weighted by molar-refractivity contribution is -0.134. The Labute approximate surface area is 106 Å². The SMILES string of the molecule is C=CC(=O)OC.O=C=NCCCCCCN=C=O. The van der Waals surface area contributed by atoms with E-state index in [4.69, 9.17) is 0 Å². The van der Waals surface area contributed by atoms with E-state index >= 15 is 0 Å². The van der Waals surface area contributed by atoms with Crippen molar-refractivity contribution in [2.45, 2.75) is 25.7 Å². The Morgan fingerprint density at radius 2 is 1.56 bits per heavy atom. The van der Waals surface area contributed by atoms with Crippen molar-refractivity contribution in [2.75, 3.05) is 20.2 Å². The summed E-state index contributed by atoms with van der Waals surface area (Å²) < 4.78 is 4.14. The fourth-order valence-electron chi connectivity index (χ4n) is 0.910. The van der Waals surface area contributed by atoms with Gasteiger partial charge >= 0.3 is 5.97 Å². The van der Waals surface area contributed by atoms with Gasteiger partial charge in [0.1, 0.15) is 0 Å². The van der Waals surface area contributed by atoms with E-state index in [0.29, 0.717) is 13.1 Å². The molecule has 0 amide bonds. The van der Waals surface area contributed by atoms with Crippen LogP contribution in [0.4, 0.5) is 0 Å². The second kappa shape index (κ2) is 17.4. The summed E-state index contributed by atoms with van der Waals surface area (Å²) in [6.07, 6.45) is 7.91. The molecule has 0 saturated heterocycles. The van der Waals surface area contributed by atoms with E-state index in [-0.39, 0.29) is 0 Å². The zero-order valence-electron chi connectivity index (χ0n) is 10.6. The molecule has 6 heteroatoms. The van der Waals surface area contributed by atoms with E-state index < -0.39 is 5.97 Å². The number of unbranched alkanes of at least 4 members (excludes halogenated alkanes) is 3. The van der Waals surface area contributed by atoms with E-state index in [1.165, 1.54) is 19.3 Å². The molecule has 0 aromatic carbocycles. The Bertz CT molecular complexity index is 294. The summed E-state index contributed by atoms with van der Waals surface area (Å²) >= 11 is 0. The molecule has 0 radical (unpaired) electrons. The van der Waals surface area contributed by atoms with Crippen molar-refractivity contribution < 1.29 is 19.1 Å². The van der Waals surface area contributed by atoms with Crippen molar-refractivity contribution >= 4 is 18.1 Å². The first-order valence-electron chi connectivity index (χ1n) is 5.50. The summed E-state index contributed by atoms with van der Waals surface area (Å²) in [7, 11) is 1.31. The zero-order valence-corrected chi connectivity index (χ0v) is 10.6. The predicted molar refractivity (Wildman–Crippen MR) is 66.7 cm³/mol. The van der Waals surface area contributed by atoms with Crippen molar-refractivity contribution in [2.24, 2.45) is 9.98 Å². The predicted octanol–water partition coefficient (Wildman–Crippen LogP) is 1.56. The van der Waals surface area contributed by atoms with Crippen LogP contribution >= 0.6 is 0 Å². The molecule has 0 fully saturated rings. The maximum Gasteiger partial charge on any atom is 0.329 e. The number of nitrogens with zero attached hydrogens (tertiary/aromatic N) is 2. The first-order valence-corrected chi connectivity index (χ1v) is 5.50. The lowest BCUT2D eigenvalue weighted by Gasteiger charge is -1.93. The van der Waals surface area contributed by atoms with Crippen molar-refractivity contribution in [3.8, 4) is 0 Å². The van der Waals surface area contributed by atoms with Gasteiger partial charge in [0.25, 0.3) is 0 Å². The average molecular weight is 254 g/mol. The lowest BCUT2D eigenvalue weighted by atomic mass is 10.2. The van der Waals surface area contributed by atoms with E-state index in [1.807, 2.05) is 0 Å². The molecule has 0 aliphatic rings. The maximum absolute atomic E-state index is 9.84. The second-order valence-corrected chi connectivity index (χ2v) is 3.09. The Morgan fingerprint density at radius 1 is 1.11 bits per heavy atom. The molecule has 0 aliphatic carbocycles. The Kier molecular flexibility index (Phi) is 17.7. The lowest BCUT2D eigenvalue weighted by Crippen LogP contribution is -1.91. The van der Waals surface area contributed by atoms with Crippen LogP contribution in [0.3, 0.4) is 0 Å². The second-order valence-electron chi connectivity index (χ2n) is 3.09. The highest BCUT2D eigenvalue weighted by Gasteiger charge is 1.87. The van der Waals surface area contributed by atoms with Crippen LogP contribution < -0.4 is 0 Å². The van der Waals surface area contributed by atoms with Gasteiger partial charge in [-0.15, -0.1) is 0 Å². The van der Waals surface area contributed by atoms with Crippen LogP contribution in [0.15, 0.2) is 22.6 Å². The van der Waals surface area contributed by atoms with Crippen molar-refractivity contribution in [1.29, 1.82) is 0 Å². The first-order chi connectivity index (χ1) is 8.72. The zero-order chi connectivity index (χ0) is 14.1. The van der Waals surface area contributed by atoms with Gasteiger partial charge in [-0.1, -0.05) is 19.4 Å². The number of rotatable bonds is 8. The summed E-state index contributed by atoms with van der Waals surface area (Å²) in [5, 5.41) is 0. The van der Waals surface area contributed by atoms with Crippen LogP contribution in [0.1, 0.15) is 25.7 Å². The molecular weight excluding hydrogens is 236 g/mol. The van der Waals surface area contributed by atoms with Gasteiger partial charge in [-0.3, -0.25) is 0 Å². The highest BCUT2D eigenvalue weighted by molar-refractivity contribution is 5.80. The fourth-order valence-corrected chi connectivity index (χ4v) is 0.910. The normalized spacial score (nSPS) is 7.83. The standard InChI is InChI=1S/C8H12N2O2.C4H6O2/c11-7-9-5-3-1-2-4-6-10-8-12;1-3-4(5)6-2/h1-6H2;3H,1H2,2H3. The number of aliphatic imine (C=N–C) groups is 2. The van der Waals surface area contributed by atoms with Crippen LogP contribution in [0.2, 0.25) is 0 Å². The Hall–Kier alpha value is -2.03. The first kappa shape index (κ1) is 18.3. The van der Waals surface area contributed by atoms with Crippen LogP contribution in [0.5, 0.6) is 0 Å². The highest BCUT2D eigenvalue weighted by Crippen LogP contribution is 1.99. The van der Waals surface area contributed by atoms with E-state index in [9.17, 15) is 14.4 Å². The topological polar surface area (TPSA) is 85.2 Å². The van der Waals surface area contributed by atoms with Crippen LogP contribution in [-0.4, -0.2) is 38.3 Å². The largest absolute Gasteiger partial charge is 0.466 e. The minimum atomic E-state index is -0.394. The third kappa shape index (κ3) is 19.5. The Balaban J connectivity index is 0. The molecule has 18 heavy (non-hydrogen) atoms. The highest BCUT2D eigenvalue weighted by atomic mass is 16.5. The number of isocyanates is 2. The van der Waals surface area contributed by atoms with Crippen LogP contribution in [0, 0.1) is 0 Å². The number of methoxy groups -OCH3 is 1. The number of carbonyl (C=O) groups excluding carboxylic acids is 3. The average Bonchev–Trinajstić information content (AvgIpc) is 2.41. The summed E-state index contributed by atoms with van der Waals surface area (Å²) in [4.78, 5) is 35.9. The van der Waals surface area contributed by atoms with Crippen LogP contribution in [0.25, 0.3) is 0 Å². The molecule has 0 aromatic rings. The van der Waals surface area contributed by atoms with E-state index in [2.05, 4.69) is 21.3 Å². The number of carbonyl (C=O) groups is 1. The molecule has 0 aromatic heterocycles. The molecule has 0 unspecified atom stereocenters. The molecule has 0 saturated carbocycles. The molecule has 100 valence electrons. The molecule has 0 atom stereocenters. The van der Waals surface area contributed by atoms with Gasteiger partial charge in [0.15, 0.2) is 0 Å². The minimum Gasteiger partial charge on any atom is -0.466 e. The third-order valence-electron chi connectivity index (χ3n) is 1.79. The number of esters is 1. The van der Waals surface area contributed by atoms with Crippen molar-refractivity contribution in [3.05, 3.63) is 12.7 Å². The third-order valence-corrected chi connectivity index (χ3v) is 1.79. The van der Waals surface area contributed by atoms with Gasteiger partial charge < -0.3 is 4.74 Å². The van der Waals surface area contributed by atoms with Gasteiger partial charge in [0.05, 0.1) is 20.2 Å². The number of hydrogen-bond donors (Lipinski definition) is 0. The molecule has 0 bridgehead atoms. The van der Waals surface area contributed by atoms with Gasteiger partial charge in [0, 0.05) is 6.08 Å². The Morgan fingerprint density at radius 3 is 1.78 bits per heavy atom. The molecule has 0 aliphatic heterocycles. The maximum atomic E-state index is 9.84. The fraction of sp³-hybridized carbons (Fsp3) is 0.583. The smallest absolute Gasteiger partial charge is 0.329 e. The molecule has 6 nitrogen and oxygen atoms in total. The molecule has 0 rings (SSSR count). The van der Waals surface area contributed by atoms with Gasteiger partial charge in [0.2, 0.25) is 12.2 Å². The summed E-state index contributed by atoms with van der Waals surface area (Å²) in [5.41, 5.74) is 0. The number of ether oxygens (including phenoxy) is 1. The van der Waals surface area contributed by atoms with E-state index in [0.717, 1.165) is 31.8 Å². The molecule has 0 N–H and O–H groups in total. The molecule has 0 spiro atoms. The summed E-state index contributed by atoms with van der Waals surface area (Å²) in [6, 6.07) is 0. The van der Waals surface area contributed by atoms with Crippen LogP contribution in [-0.2, 0) is 19.1 Å². The monoisotopic (exact) mass is 254 g/mol. The van der Waals surface area contributed by atoms with Crippen molar-refractivity contribution in [3.63, 3.8) is 0 Å². The van der Waals surface area contributed by atoms with Crippen molar-refractivity contribution in [1.82, 2.24) is 0 Å². The summed E-state index contributed by atoms with van der Waals surface area (Å²) in [6.45, 7) is 4.27. The quantitative estimate of drug-likeness (QED) is 0.216. The van der Waals surface area contributed by atoms with Gasteiger partial charge in [-0.25, -0.2) is 24.4 Å². The molecular formula is C12H18N2O4. The summed E-state index contributed by atoms with van der Waals surface area (Å²) in [5.74, 6) is -0.394. The van der Waals surface area contributed by atoms with E-state index in [1.54, 1.807) is 0 Å². The number of hydrogen-bond acceptors (Lipinski definition) is 6. The van der Waals surface area contributed by atoms with Gasteiger partial charge in [-0.2, -0.15) is 0 Å².